The fraction of sp³-hybridized carbons (Fsp3) is 0.611. The first kappa shape index (κ1) is 16.4. The zero-order chi connectivity index (χ0) is 16.4. The van der Waals surface area contributed by atoms with Crippen molar-refractivity contribution in [3.8, 4) is 0 Å². The van der Waals surface area contributed by atoms with Gasteiger partial charge >= 0.3 is 0 Å². The van der Waals surface area contributed by atoms with Crippen LogP contribution in [0, 0.1) is 17.6 Å². The Morgan fingerprint density at radius 1 is 1.22 bits per heavy atom. The largest absolute Gasteiger partial charge is 0.393 e. The lowest BCUT2D eigenvalue weighted by Gasteiger charge is -2.41. The van der Waals surface area contributed by atoms with Crippen LogP contribution in [0.5, 0.6) is 0 Å². The Hall–Kier alpha value is -1.49. The summed E-state index contributed by atoms with van der Waals surface area (Å²) < 4.78 is 27.2. The zero-order valence-electron chi connectivity index (χ0n) is 13.2. The average molecular weight is 323 g/mol. The van der Waals surface area contributed by atoms with Gasteiger partial charge in [0.2, 0.25) is 5.91 Å². The number of carbonyl (C=O) groups is 1. The van der Waals surface area contributed by atoms with E-state index in [0.717, 1.165) is 38.2 Å². The lowest BCUT2D eigenvalue weighted by atomic mass is 9.63. The number of benzene rings is 1. The van der Waals surface area contributed by atoms with Crippen LogP contribution in [0.15, 0.2) is 18.2 Å². The highest BCUT2D eigenvalue weighted by atomic mass is 19.1. The molecule has 1 amide bonds. The molecule has 3 nitrogen and oxygen atoms in total. The minimum absolute atomic E-state index is 0.0721. The second kappa shape index (κ2) is 6.56. The van der Waals surface area contributed by atoms with Gasteiger partial charge in [-0.25, -0.2) is 8.78 Å². The van der Waals surface area contributed by atoms with Gasteiger partial charge in [0.1, 0.15) is 11.6 Å². The monoisotopic (exact) mass is 323 g/mol. The van der Waals surface area contributed by atoms with Crippen LogP contribution < -0.4 is 5.32 Å². The first-order valence-electron chi connectivity index (χ1n) is 8.45. The molecule has 0 spiro atoms. The first-order valence-corrected chi connectivity index (χ1v) is 8.45. The third kappa shape index (κ3) is 3.11. The van der Waals surface area contributed by atoms with Gasteiger partial charge in [0.25, 0.3) is 0 Å². The topological polar surface area (TPSA) is 49.3 Å². The van der Waals surface area contributed by atoms with E-state index in [4.69, 9.17) is 0 Å². The minimum atomic E-state index is -0.878. The van der Waals surface area contributed by atoms with Crippen molar-refractivity contribution in [3.63, 3.8) is 0 Å². The Kier molecular flexibility index (Phi) is 4.67. The molecular weight excluding hydrogens is 300 g/mol. The van der Waals surface area contributed by atoms with Gasteiger partial charge < -0.3 is 10.4 Å². The molecule has 3 rings (SSSR count). The maximum Gasteiger partial charge on any atom is 0.230 e. The van der Waals surface area contributed by atoms with Crippen molar-refractivity contribution < 1.29 is 18.7 Å². The number of hydrogen-bond donors (Lipinski definition) is 2. The van der Waals surface area contributed by atoms with E-state index in [1.807, 2.05) is 0 Å². The van der Waals surface area contributed by atoms with Crippen LogP contribution in [0.1, 0.15) is 50.5 Å². The Labute approximate surface area is 135 Å². The Bertz CT molecular complexity index is 586. The molecule has 0 aliphatic heterocycles. The molecule has 0 radical (unpaired) electrons. The van der Waals surface area contributed by atoms with Crippen molar-refractivity contribution in [2.24, 2.45) is 5.92 Å². The highest BCUT2D eigenvalue weighted by molar-refractivity contribution is 5.89. The van der Waals surface area contributed by atoms with Gasteiger partial charge in [-0.1, -0.05) is 25.3 Å². The number of carbonyl (C=O) groups excluding carboxylic acids is 1. The summed E-state index contributed by atoms with van der Waals surface area (Å²) in [5, 5.41) is 12.9. The number of aliphatic hydroxyl groups is 1. The number of amides is 1. The summed E-state index contributed by atoms with van der Waals surface area (Å²) in [5.41, 5.74) is -0.593. The van der Waals surface area contributed by atoms with E-state index in [1.54, 1.807) is 0 Å². The SMILES string of the molecule is O=C(NCC1CCCCC1O)C1(c2ccc(F)cc2F)CCC1. The third-order valence-corrected chi connectivity index (χ3v) is 5.48. The van der Waals surface area contributed by atoms with Gasteiger partial charge in [0.05, 0.1) is 11.5 Å². The predicted molar refractivity (Wildman–Crippen MR) is 82.9 cm³/mol. The van der Waals surface area contributed by atoms with Gasteiger partial charge in [-0.15, -0.1) is 0 Å². The van der Waals surface area contributed by atoms with E-state index in [9.17, 15) is 18.7 Å². The van der Waals surface area contributed by atoms with Crippen LogP contribution >= 0.6 is 0 Å². The Morgan fingerprint density at radius 3 is 2.57 bits per heavy atom. The molecule has 0 saturated heterocycles. The van der Waals surface area contributed by atoms with Crippen LogP contribution in [0.2, 0.25) is 0 Å². The molecule has 2 atom stereocenters. The summed E-state index contributed by atoms with van der Waals surface area (Å²) in [7, 11) is 0. The molecule has 126 valence electrons. The van der Waals surface area contributed by atoms with E-state index in [1.165, 1.54) is 12.1 Å². The average Bonchev–Trinajstić information content (AvgIpc) is 2.47. The standard InChI is InChI=1S/C18H23F2NO2/c19-13-6-7-14(15(20)10-13)18(8-3-9-18)17(23)21-11-12-4-1-2-5-16(12)22/h6-7,10,12,16,22H,1-5,8-9,11H2,(H,21,23). The van der Waals surface area contributed by atoms with E-state index < -0.39 is 17.0 Å². The minimum Gasteiger partial charge on any atom is -0.393 e. The smallest absolute Gasteiger partial charge is 0.230 e. The van der Waals surface area contributed by atoms with Crippen LogP contribution in [0.3, 0.4) is 0 Å². The maximum atomic E-state index is 14.1. The van der Waals surface area contributed by atoms with Crippen molar-refractivity contribution in [1.29, 1.82) is 0 Å². The van der Waals surface area contributed by atoms with Gasteiger partial charge in [0.15, 0.2) is 0 Å². The van der Waals surface area contributed by atoms with Crippen molar-refractivity contribution in [1.82, 2.24) is 5.32 Å². The van der Waals surface area contributed by atoms with E-state index in [0.29, 0.717) is 19.4 Å². The quantitative estimate of drug-likeness (QED) is 0.895. The predicted octanol–water partition coefficient (Wildman–Crippen LogP) is 3.05. The third-order valence-electron chi connectivity index (χ3n) is 5.48. The lowest BCUT2D eigenvalue weighted by Crippen LogP contribution is -2.51. The molecule has 2 N–H and O–H groups in total. The summed E-state index contributed by atoms with van der Waals surface area (Å²) in [5.74, 6) is -1.42. The molecule has 2 aliphatic carbocycles. The highest BCUT2D eigenvalue weighted by Crippen LogP contribution is 2.45. The second-order valence-electron chi connectivity index (χ2n) is 6.88. The molecule has 2 saturated carbocycles. The normalized spacial score (nSPS) is 26.4. The molecule has 2 unspecified atom stereocenters. The fourth-order valence-electron chi connectivity index (χ4n) is 3.85. The van der Waals surface area contributed by atoms with E-state index in [-0.39, 0.29) is 23.5 Å². The summed E-state index contributed by atoms with van der Waals surface area (Å²) in [6.45, 7) is 0.421. The number of rotatable bonds is 4. The summed E-state index contributed by atoms with van der Waals surface area (Å²) in [4.78, 5) is 12.7. The number of nitrogens with one attached hydrogen (secondary N) is 1. The molecule has 0 bridgehead atoms. The van der Waals surface area contributed by atoms with Crippen LogP contribution in [0.25, 0.3) is 0 Å². The molecule has 0 aromatic heterocycles. The van der Waals surface area contributed by atoms with E-state index in [2.05, 4.69) is 5.32 Å². The molecule has 1 aromatic carbocycles. The molecule has 23 heavy (non-hydrogen) atoms. The van der Waals surface area contributed by atoms with Gasteiger partial charge in [-0.3, -0.25) is 4.79 Å². The van der Waals surface area contributed by atoms with Crippen molar-refractivity contribution in [2.75, 3.05) is 6.54 Å². The second-order valence-corrected chi connectivity index (χ2v) is 6.88. The molecule has 2 fully saturated rings. The highest BCUT2D eigenvalue weighted by Gasteiger charge is 2.47. The van der Waals surface area contributed by atoms with Gasteiger partial charge in [-0.2, -0.15) is 0 Å². The maximum absolute atomic E-state index is 14.1. The summed E-state index contributed by atoms with van der Waals surface area (Å²) >= 11 is 0. The molecule has 2 aliphatic rings. The zero-order valence-corrected chi connectivity index (χ0v) is 13.2. The van der Waals surface area contributed by atoms with Crippen LogP contribution in [0.4, 0.5) is 8.78 Å². The number of hydrogen-bond acceptors (Lipinski definition) is 2. The summed E-state index contributed by atoms with van der Waals surface area (Å²) in [6, 6.07) is 3.43. The Morgan fingerprint density at radius 2 is 1.96 bits per heavy atom. The lowest BCUT2D eigenvalue weighted by molar-refractivity contribution is -0.130. The molecule has 5 heteroatoms. The van der Waals surface area contributed by atoms with Gasteiger partial charge in [-0.05, 0) is 31.7 Å². The molecule has 0 heterocycles. The Balaban J connectivity index is 1.71. The molecule has 1 aromatic rings. The van der Waals surface area contributed by atoms with Crippen LogP contribution in [-0.4, -0.2) is 23.7 Å². The summed E-state index contributed by atoms with van der Waals surface area (Å²) in [6.07, 6.45) is 5.41. The van der Waals surface area contributed by atoms with Crippen molar-refractivity contribution in [2.45, 2.75) is 56.5 Å². The van der Waals surface area contributed by atoms with Crippen molar-refractivity contribution >= 4 is 5.91 Å². The number of aliphatic hydroxyl groups excluding tert-OH is 1. The van der Waals surface area contributed by atoms with Gasteiger partial charge in [0, 0.05) is 24.1 Å². The van der Waals surface area contributed by atoms with Crippen molar-refractivity contribution in [3.05, 3.63) is 35.4 Å². The van der Waals surface area contributed by atoms with E-state index >= 15 is 0 Å². The molecular formula is C18H23F2NO2. The van der Waals surface area contributed by atoms with Crippen LogP contribution in [-0.2, 0) is 10.2 Å². The fourth-order valence-corrected chi connectivity index (χ4v) is 3.85. The first-order chi connectivity index (χ1) is 11.0. The number of halogens is 2.